The van der Waals surface area contributed by atoms with Crippen LogP contribution < -0.4 is 0 Å². The van der Waals surface area contributed by atoms with E-state index in [2.05, 4.69) is 15.0 Å². The van der Waals surface area contributed by atoms with Crippen molar-refractivity contribution < 1.29 is 4.79 Å². The molecule has 5 nitrogen and oxygen atoms in total. The molecule has 7 heteroatoms. The average Bonchev–Trinajstić information content (AvgIpc) is 2.94. The lowest BCUT2D eigenvalue weighted by molar-refractivity contribution is 0.0734. The molecule has 0 saturated carbocycles. The molecule has 100 valence electrons. The summed E-state index contributed by atoms with van der Waals surface area (Å²) in [6, 6.07) is 1.69. The molecule has 0 aliphatic heterocycles. The van der Waals surface area contributed by atoms with Crippen molar-refractivity contribution in [2.24, 2.45) is 0 Å². The number of aromatic nitrogens is 3. The fourth-order valence-electron chi connectivity index (χ4n) is 1.55. The zero-order valence-electron chi connectivity index (χ0n) is 10.9. The van der Waals surface area contributed by atoms with Crippen molar-refractivity contribution in [1.29, 1.82) is 0 Å². The van der Waals surface area contributed by atoms with E-state index in [-0.39, 0.29) is 11.9 Å². The number of thioether (sulfide) groups is 1. The predicted octanol–water partition coefficient (Wildman–Crippen LogP) is 2.49. The number of rotatable bonds is 4. The summed E-state index contributed by atoms with van der Waals surface area (Å²) in [5, 5.41) is 1.79. The Bertz CT molecular complexity index is 558. The second-order valence-corrected chi connectivity index (χ2v) is 5.84. The Morgan fingerprint density at radius 3 is 2.89 bits per heavy atom. The molecule has 0 radical (unpaired) electrons. The third-order valence-electron chi connectivity index (χ3n) is 2.81. The van der Waals surface area contributed by atoms with Gasteiger partial charge in [-0.25, -0.2) is 15.0 Å². The quantitative estimate of drug-likeness (QED) is 0.811. The number of hydrogen-bond donors (Lipinski definition) is 0. The Morgan fingerprint density at radius 1 is 1.53 bits per heavy atom. The Morgan fingerprint density at radius 2 is 2.32 bits per heavy atom. The van der Waals surface area contributed by atoms with Crippen LogP contribution in [-0.2, 0) is 0 Å². The van der Waals surface area contributed by atoms with E-state index in [0.717, 1.165) is 10.0 Å². The molecule has 19 heavy (non-hydrogen) atoms. The summed E-state index contributed by atoms with van der Waals surface area (Å²) in [5.41, 5.74) is 1.30. The second kappa shape index (κ2) is 6.12. The highest BCUT2D eigenvalue weighted by atomic mass is 32.2. The van der Waals surface area contributed by atoms with Crippen LogP contribution in [0.2, 0.25) is 0 Å². The van der Waals surface area contributed by atoms with E-state index in [9.17, 15) is 4.79 Å². The molecule has 0 saturated heterocycles. The monoisotopic (exact) mass is 294 g/mol. The molecule has 0 aromatic carbocycles. The number of carbonyl (C=O) groups is 1. The van der Waals surface area contributed by atoms with Gasteiger partial charge in [-0.3, -0.25) is 4.79 Å². The fraction of sp³-hybridized carbons (Fsp3) is 0.333. The van der Waals surface area contributed by atoms with Gasteiger partial charge in [-0.05, 0) is 19.2 Å². The molecule has 0 spiro atoms. The van der Waals surface area contributed by atoms with Gasteiger partial charge >= 0.3 is 0 Å². The first-order valence-electron chi connectivity index (χ1n) is 5.66. The molecule has 2 heterocycles. The lowest BCUT2D eigenvalue weighted by atomic mass is 10.2. The van der Waals surface area contributed by atoms with Gasteiger partial charge in [0.25, 0.3) is 5.91 Å². The maximum Gasteiger partial charge on any atom is 0.273 e. The Kier molecular flexibility index (Phi) is 4.49. The molecular formula is C12H14N4OS2. The van der Waals surface area contributed by atoms with Crippen molar-refractivity contribution in [3.63, 3.8) is 0 Å². The first-order chi connectivity index (χ1) is 9.13. The molecule has 1 atom stereocenters. The van der Waals surface area contributed by atoms with Crippen LogP contribution in [0.15, 0.2) is 28.3 Å². The molecule has 0 fully saturated rings. The highest BCUT2D eigenvalue weighted by Crippen LogP contribution is 2.23. The molecular weight excluding hydrogens is 280 g/mol. The van der Waals surface area contributed by atoms with E-state index >= 15 is 0 Å². The Labute approximate surface area is 120 Å². The fourth-order valence-corrected chi connectivity index (χ4v) is 2.79. The van der Waals surface area contributed by atoms with E-state index in [1.54, 1.807) is 23.5 Å². The largest absolute Gasteiger partial charge is 0.332 e. The molecule has 0 bridgehead atoms. The first kappa shape index (κ1) is 14.0. The maximum absolute atomic E-state index is 12.3. The SMILES string of the molecule is CSc1nc(C(=O)N(C)[C@H](C)c2ccncn2)cs1. The molecule has 0 aliphatic rings. The van der Waals surface area contributed by atoms with Gasteiger partial charge in [0.1, 0.15) is 16.4 Å². The minimum absolute atomic E-state index is 0.0948. The molecule has 1 amide bonds. The van der Waals surface area contributed by atoms with Crippen LogP contribution in [-0.4, -0.2) is 39.1 Å². The van der Waals surface area contributed by atoms with Crippen molar-refractivity contribution in [3.05, 3.63) is 35.4 Å². The zero-order chi connectivity index (χ0) is 13.8. The third kappa shape index (κ3) is 3.10. The van der Waals surface area contributed by atoms with Gasteiger partial charge in [0.05, 0.1) is 11.7 Å². The van der Waals surface area contributed by atoms with Gasteiger partial charge in [-0.1, -0.05) is 11.8 Å². The minimum Gasteiger partial charge on any atom is -0.332 e. The third-order valence-corrected chi connectivity index (χ3v) is 4.67. The summed E-state index contributed by atoms with van der Waals surface area (Å²) in [4.78, 5) is 26.3. The molecule has 2 aromatic heterocycles. The highest BCUT2D eigenvalue weighted by molar-refractivity contribution is 8.00. The first-order valence-corrected chi connectivity index (χ1v) is 7.76. The summed E-state index contributed by atoms with van der Waals surface area (Å²) in [5.74, 6) is -0.0948. The topological polar surface area (TPSA) is 59.0 Å². The van der Waals surface area contributed by atoms with E-state index in [0.29, 0.717) is 5.69 Å². The van der Waals surface area contributed by atoms with Gasteiger partial charge < -0.3 is 4.90 Å². The molecule has 0 N–H and O–H groups in total. The summed E-state index contributed by atoms with van der Waals surface area (Å²) >= 11 is 3.02. The highest BCUT2D eigenvalue weighted by Gasteiger charge is 2.21. The van der Waals surface area contributed by atoms with Crippen molar-refractivity contribution >= 4 is 29.0 Å². The summed E-state index contributed by atoms with van der Waals surface area (Å²) < 4.78 is 0.895. The number of hydrogen-bond acceptors (Lipinski definition) is 6. The number of carbonyl (C=O) groups excluding carboxylic acids is 1. The van der Waals surface area contributed by atoms with Crippen molar-refractivity contribution in [3.8, 4) is 0 Å². The van der Waals surface area contributed by atoms with Crippen LogP contribution in [0.1, 0.15) is 29.1 Å². The average molecular weight is 294 g/mol. The van der Waals surface area contributed by atoms with Gasteiger partial charge in [-0.2, -0.15) is 0 Å². The van der Waals surface area contributed by atoms with E-state index in [4.69, 9.17) is 0 Å². The number of nitrogens with zero attached hydrogens (tertiary/aromatic N) is 4. The second-order valence-electron chi connectivity index (χ2n) is 3.93. The smallest absolute Gasteiger partial charge is 0.273 e. The van der Waals surface area contributed by atoms with Crippen LogP contribution in [0.4, 0.5) is 0 Å². The van der Waals surface area contributed by atoms with E-state index < -0.39 is 0 Å². The minimum atomic E-state index is -0.116. The lowest BCUT2D eigenvalue weighted by Crippen LogP contribution is -2.30. The van der Waals surface area contributed by atoms with Gasteiger partial charge in [0.15, 0.2) is 0 Å². The number of thiazole rings is 1. The van der Waals surface area contributed by atoms with Crippen molar-refractivity contribution in [1.82, 2.24) is 19.9 Å². The van der Waals surface area contributed by atoms with Crippen LogP contribution >= 0.6 is 23.1 Å². The van der Waals surface area contributed by atoms with Gasteiger partial charge in [-0.15, -0.1) is 11.3 Å². The molecule has 2 aromatic rings. The molecule has 0 aliphatic carbocycles. The van der Waals surface area contributed by atoms with Crippen LogP contribution in [0.5, 0.6) is 0 Å². The van der Waals surface area contributed by atoms with Gasteiger partial charge in [0.2, 0.25) is 0 Å². The summed E-state index contributed by atoms with van der Waals surface area (Å²) in [6.45, 7) is 1.93. The van der Waals surface area contributed by atoms with Crippen molar-refractivity contribution in [2.45, 2.75) is 17.3 Å². The van der Waals surface area contributed by atoms with Crippen LogP contribution in [0, 0.1) is 0 Å². The van der Waals surface area contributed by atoms with E-state index in [1.807, 2.05) is 19.2 Å². The van der Waals surface area contributed by atoms with Crippen LogP contribution in [0.3, 0.4) is 0 Å². The summed E-state index contributed by atoms with van der Waals surface area (Å²) in [6.07, 6.45) is 5.10. The van der Waals surface area contributed by atoms with Crippen molar-refractivity contribution in [2.75, 3.05) is 13.3 Å². The summed E-state index contributed by atoms with van der Waals surface area (Å²) in [7, 11) is 1.76. The molecule has 0 unspecified atom stereocenters. The van der Waals surface area contributed by atoms with Gasteiger partial charge in [0, 0.05) is 18.6 Å². The van der Waals surface area contributed by atoms with Crippen LogP contribution in [0.25, 0.3) is 0 Å². The Hall–Kier alpha value is -1.47. The number of amides is 1. The predicted molar refractivity (Wildman–Crippen MR) is 76.4 cm³/mol. The Balaban J connectivity index is 2.15. The maximum atomic E-state index is 12.3. The standard InChI is InChI=1S/C12H14N4OS2/c1-8(9-4-5-13-7-14-9)16(2)11(17)10-6-19-12(15-10)18-3/h4-8H,1-3H3/t8-/m1/s1. The normalized spacial score (nSPS) is 12.2. The molecule has 2 rings (SSSR count). The lowest BCUT2D eigenvalue weighted by Gasteiger charge is -2.23. The van der Waals surface area contributed by atoms with E-state index in [1.165, 1.54) is 29.4 Å². The zero-order valence-corrected chi connectivity index (χ0v) is 12.5.